The maximum absolute atomic E-state index is 12.7. The zero-order valence-corrected chi connectivity index (χ0v) is 13.6. The fourth-order valence-corrected chi connectivity index (χ4v) is 2.65. The summed E-state index contributed by atoms with van der Waals surface area (Å²) in [5.74, 6) is 0.486. The topological polar surface area (TPSA) is 37.8 Å². The predicted molar refractivity (Wildman–Crippen MR) is 88.3 cm³/mol. The van der Waals surface area contributed by atoms with E-state index in [9.17, 15) is 4.79 Å². The van der Waals surface area contributed by atoms with E-state index >= 15 is 0 Å². The molecule has 0 aliphatic heterocycles. The highest BCUT2D eigenvalue weighted by atomic mass is 16.1. The zero-order valence-electron chi connectivity index (χ0n) is 13.6. The standard InChI is InChI=1S/C18H26N2O/c1-5-6-10-17-16(11-13(2)3)18(21)20(19-17)15-9-7-8-14(4)12-15/h7-9,12-13,19H,5-6,10-11H2,1-4H3. The summed E-state index contributed by atoms with van der Waals surface area (Å²) >= 11 is 0. The van der Waals surface area contributed by atoms with E-state index in [1.165, 1.54) is 0 Å². The summed E-state index contributed by atoms with van der Waals surface area (Å²) in [4.78, 5) is 12.7. The molecule has 0 saturated heterocycles. The van der Waals surface area contributed by atoms with Crippen LogP contribution in [0.15, 0.2) is 29.1 Å². The summed E-state index contributed by atoms with van der Waals surface area (Å²) in [7, 11) is 0. The maximum Gasteiger partial charge on any atom is 0.274 e. The molecule has 0 spiro atoms. The largest absolute Gasteiger partial charge is 0.295 e. The SMILES string of the molecule is CCCCc1[nH]n(-c2cccc(C)c2)c(=O)c1CC(C)C. The highest BCUT2D eigenvalue weighted by Crippen LogP contribution is 2.14. The van der Waals surface area contributed by atoms with E-state index in [4.69, 9.17) is 0 Å². The summed E-state index contributed by atoms with van der Waals surface area (Å²) in [5, 5.41) is 3.34. The van der Waals surface area contributed by atoms with E-state index in [-0.39, 0.29) is 5.56 Å². The van der Waals surface area contributed by atoms with E-state index in [1.54, 1.807) is 4.68 Å². The number of hydrogen-bond acceptors (Lipinski definition) is 1. The van der Waals surface area contributed by atoms with Gasteiger partial charge in [0, 0.05) is 11.3 Å². The fourth-order valence-electron chi connectivity index (χ4n) is 2.65. The van der Waals surface area contributed by atoms with Gasteiger partial charge in [-0.25, -0.2) is 4.68 Å². The Kier molecular flexibility index (Phi) is 5.05. The van der Waals surface area contributed by atoms with Gasteiger partial charge in [-0.3, -0.25) is 9.89 Å². The van der Waals surface area contributed by atoms with Crippen molar-refractivity contribution in [2.75, 3.05) is 0 Å². The van der Waals surface area contributed by atoms with Crippen molar-refractivity contribution < 1.29 is 0 Å². The molecule has 1 heterocycles. The molecule has 1 N–H and O–H groups in total. The smallest absolute Gasteiger partial charge is 0.274 e. The first-order chi connectivity index (χ1) is 10.0. The number of aromatic amines is 1. The Hall–Kier alpha value is -1.77. The van der Waals surface area contributed by atoms with E-state index in [0.29, 0.717) is 5.92 Å². The number of benzene rings is 1. The third-order valence-corrected chi connectivity index (χ3v) is 3.72. The van der Waals surface area contributed by atoms with Crippen LogP contribution in [0, 0.1) is 12.8 Å². The quantitative estimate of drug-likeness (QED) is 0.856. The van der Waals surface area contributed by atoms with Crippen molar-refractivity contribution in [2.45, 2.75) is 53.4 Å². The molecule has 0 atom stereocenters. The highest BCUT2D eigenvalue weighted by molar-refractivity contribution is 5.36. The molecule has 0 aliphatic rings. The van der Waals surface area contributed by atoms with Gasteiger partial charge in [0.15, 0.2) is 0 Å². The van der Waals surface area contributed by atoms with Crippen molar-refractivity contribution in [2.24, 2.45) is 5.92 Å². The molecule has 114 valence electrons. The molecule has 0 radical (unpaired) electrons. The van der Waals surface area contributed by atoms with Gasteiger partial charge in [0.05, 0.1) is 5.69 Å². The second-order valence-corrected chi connectivity index (χ2v) is 6.25. The fraction of sp³-hybridized carbons (Fsp3) is 0.500. The van der Waals surface area contributed by atoms with Gasteiger partial charge in [-0.2, -0.15) is 0 Å². The minimum atomic E-state index is 0.111. The molecule has 2 aromatic rings. The lowest BCUT2D eigenvalue weighted by atomic mass is 10.0. The predicted octanol–water partition coefficient (Wildman–Crippen LogP) is 4.02. The lowest BCUT2D eigenvalue weighted by Crippen LogP contribution is -2.18. The van der Waals surface area contributed by atoms with Crippen LogP contribution in [0.4, 0.5) is 0 Å². The Morgan fingerprint density at radius 3 is 2.67 bits per heavy atom. The second kappa shape index (κ2) is 6.79. The Morgan fingerprint density at radius 1 is 1.29 bits per heavy atom. The molecule has 1 aromatic heterocycles. The highest BCUT2D eigenvalue weighted by Gasteiger charge is 2.16. The number of nitrogens with one attached hydrogen (secondary N) is 1. The van der Waals surface area contributed by atoms with Gasteiger partial charge in [-0.15, -0.1) is 0 Å². The molecule has 0 fully saturated rings. The van der Waals surface area contributed by atoms with Gasteiger partial charge in [-0.05, 0) is 49.8 Å². The van der Waals surface area contributed by atoms with Crippen LogP contribution in [0.2, 0.25) is 0 Å². The van der Waals surface area contributed by atoms with Crippen LogP contribution in [-0.4, -0.2) is 9.78 Å². The van der Waals surface area contributed by atoms with Gasteiger partial charge in [-0.1, -0.05) is 39.3 Å². The molecular weight excluding hydrogens is 260 g/mol. The molecule has 21 heavy (non-hydrogen) atoms. The molecule has 0 saturated carbocycles. The van der Waals surface area contributed by atoms with Crippen molar-refractivity contribution in [1.29, 1.82) is 0 Å². The Balaban J connectivity index is 2.47. The number of hydrogen-bond donors (Lipinski definition) is 1. The first-order valence-corrected chi connectivity index (χ1v) is 7.92. The van der Waals surface area contributed by atoms with Gasteiger partial charge in [0.2, 0.25) is 0 Å². The van der Waals surface area contributed by atoms with E-state index in [0.717, 1.165) is 48.2 Å². The summed E-state index contributed by atoms with van der Waals surface area (Å²) in [5.41, 5.74) is 4.26. The van der Waals surface area contributed by atoms with E-state index < -0.39 is 0 Å². The molecule has 3 heteroatoms. The number of H-pyrrole nitrogens is 1. The molecule has 2 rings (SSSR count). The summed E-state index contributed by atoms with van der Waals surface area (Å²) in [6, 6.07) is 8.06. The van der Waals surface area contributed by atoms with Crippen LogP contribution >= 0.6 is 0 Å². The van der Waals surface area contributed by atoms with Crippen molar-refractivity contribution >= 4 is 0 Å². The molecule has 1 aromatic carbocycles. The van der Waals surface area contributed by atoms with Crippen LogP contribution < -0.4 is 5.56 Å². The first kappa shape index (κ1) is 15.6. The van der Waals surface area contributed by atoms with Gasteiger partial charge in [0.25, 0.3) is 5.56 Å². The Morgan fingerprint density at radius 2 is 2.05 bits per heavy atom. The van der Waals surface area contributed by atoms with Gasteiger partial charge in [0.1, 0.15) is 0 Å². The number of aryl methyl sites for hydroxylation is 2. The molecule has 3 nitrogen and oxygen atoms in total. The van der Waals surface area contributed by atoms with Crippen molar-refractivity contribution in [3.8, 4) is 5.69 Å². The van der Waals surface area contributed by atoms with Crippen molar-refractivity contribution in [3.63, 3.8) is 0 Å². The zero-order chi connectivity index (χ0) is 15.4. The third-order valence-electron chi connectivity index (χ3n) is 3.72. The van der Waals surface area contributed by atoms with E-state index in [1.807, 2.05) is 31.2 Å². The second-order valence-electron chi connectivity index (χ2n) is 6.25. The van der Waals surface area contributed by atoms with Crippen molar-refractivity contribution in [1.82, 2.24) is 9.78 Å². The Bertz CT molecular complexity index is 649. The molecular formula is C18H26N2O. The summed E-state index contributed by atoms with van der Waals surface area (Å²) < 4.78 is 1.70. The number of unbranched alkanes of at least 4 members (excludes halogenated alkanes) is 1. The van der Waals surface area contributed by atoms with Crippen molar-refractivity contribution in [3.05, 3.63) is 51.4 Å². The monoisotopic (exact) mass is 286 g/mol. The van der Waals surface area contributed by atoms with Gasteiger partial charge < -0.3 is 0 Å². The summed E-state index contributed by atoms with van der Waals surface area (Å²) in [6.45, 7) is 8.54. The lowest BCUT2D eigenvalue weighted by Gasteiger charge is -2.04. The Labute approximate surface area is 127 Å². The average molecular weight is 286 g/mol. The van der Waals surface area contributed by atoms with Crippen LogP contribution in [0.1, 0.15) is 50.4 Å². The normalized spacial score (nSPS) is 11.3. The number of aromatic nitrogens is 2. The lowest BCUT2D eigenvalue weighted by molar-refractivity contribution is 0.637. The number of rotatable bonds is 6. The van der Waals surface area contributed by atoms with Crippen LogP contribution in [-0.2, 0) is 12.8 Å². The minimum Gasteiger partial charge on any atom is -0.295 e. The minimum absolute atomic E-state index is 0.111. The van der Waals surface area contributed by atoms with Gasteiger partial charge >= 0.3 is 0 Å². The molecule has 0 unspecified atom stereocenters. The van der Waals surface area contributed by atoms with Crippen LogP contribution in [0.3, 0.4) is 0 Å². The first-order valence-electron chi connectivity index (χ1n) is 7.92. The molecule has 0 amide bonds. The van der Waals surface area contributed by atoms with Crippen LogP contribution in [0.5, 0.6) is 0 Å². The van der Waals surface area contributed by atoms with Crippen LogP contribution in [0.25, 0.3) is 5.69 Å². The summed E-state index contributed by atoms with van der Waals surface area (Å²) in [6.07, 6.45) is 4.04. The van der Waals surface area contributed by atoms with E-state index in [2.05, 4.69) is 25.9 Å². The maximum atomic E-state index is 12.7. The molecule has 0 bridgehead atoms. The average Bonchev–Trinajstić information content (AvgIpc) is 2.73. The third kappa shape index (κ3) is 3.66. The number of nitrogens with zero attached hydrogens (tertiary/aromatic N) is 1. The molecule has 0 aliphatic carbocycles.